The Bertz CT molecular complexity index is 1110. The molecular weight excluding hydrogens is 508 g/mol. The first-order chi connectivity index (χ1) is 19.2. The molecule has 2 amide bonds. The van der Waals surface area contributed by atoms with E-state index in [1.54, 1.807) is 22.0 Å². The number of fused-ring (bicyclic) bond motifs is 1. The van der Waals surface area contributed by atoms with Gasteiger partial charge in [-0.1, -0.05) is 55.8 Å². The SMILES string of the molecule is C=CCCOC(=O)[C@@H]1[C@H]2C(=O)N([C@@H](CO)Cc3ccccc3)C(C(=O)N(CC=C)C(C)CCC)C23CC[C@@]1(C)O3. The molecule has 0 radical (unpaired) electrons. The number of amides is 2. The average molecular weight is 553 g/mol. The molecular formula is C32H44N2O6. The van der Waals surface area contributed by atoms with Crippen molar-refractivity contribution >= 4 is 17.8 Å². The van der Waals surface area contributed by atoms with Crippen LogP contribution in [0, 0.1) is 11.8 Å². The molecule has 7 atom stereocenters. The van der Waals surface area contributed by atoms with Crippen LogP contribution in [0.15, 0.2) is 55.6 Å². The lowest BCUT2D eigenvalue weighted by Gasteiger charge is -2.41. The first-order valence-electron chi connectivity index (χ1n) is 14.5. The molecule has 3 fully saturated rings. The van der Waals surface area contributed by atoms with Crippen molar-refractivity contribution in [3.05, 3.63) is 61.2 Å². The normalized spacial score (nSPS) is 30.1. The Hall–Kier alpha value is -2.97. The predicted molar refractivity (Wildman–Crippen MR) is 152 cm³/mol. The van der Waals surface area contributed by atoms with Crippen LogP contribution in [0.4, 0.5) is 0 Å². The van der Waals surface area contributed by atoms with Gasteiger partial charge in [0.1, 0.15) is 17.6 Å². The van der Waals surface area contributed by atoms with E-state index in [-0.39, 0.29) is 31.1 Å². The van der Waals surface area contributed by atoms with Crippen molar-refractivity contribution in [2.75, 3.05) is 19.8 Å². The van der Waals surface area contributed by atoms with E-state index >= 15 is 0 Å². The zero-order valence-corrected chi connectivity index (χ0v) is 24.1. The molecule has 1 aromatic rings. The molecule has 8 heteroatoms. The van der Waals surface area contributed by atoms with Gasteiger partial charge in [-0.05, 0) is 51.5 Å². The number of esters is 1. The molecule has 3 aliphatic rings. The van der Waals surface area contributed by atoms with Crippen molar-refractivity contribution in [3.63, 3.8) is 0 Å². The number of likely N-dealkylation sites (tertiary alicyclic amines) is 1. The van der Waals surface area contributed by atoms with Crippen LogP contribution < -0.4 is 0 Å². The Morgan fingerprint density at radius 1 is 1.25 bits per heavy atom. The third-order valence-corrected chi connectivity index (χ3v) is 9.03. The van der Waals surface area contributed by atoms with E-state index in [1.807, 2.05) is 44.2 Å². The van der Waals surface area contributed by atoms with E-state index in [9.17, 15) is 19.5 Å². The number of benzene rings is 1. The number of aliphatic hydroxyl groups excluding tert-OH is 1. The highest BCUT2D eigenvalue weighted by Crippen LogP contribution is 2.63. The van der Waals surface area contributed by atoms with Crippen LogP contribution in [0.1, 0.15) is 58.4 Å². The number of nitrogens with zero attached hydrogens (tertiary/aromatic N) is 2. The van der Waals surface area contributed by atoms with Gasteiger partial charge in [-0.25, -0.2) is 0 Å². The van der Waals surface area contributed by atoms with Crippen molar-refractivity contribution in [2.45, 2.75) is 88.6 Å². The molecule has 4 rings (SSSR count). The summed E-state index contributed by atoms with van der Waals surface area (Å²) in [4.78, 5) is 45.8. The van der Waals surface area contributed by atoms with Gasteiger partial charge in [0.25, 0.3) is 0 Å². The van der Waals surface area contributed by atoms with Crippen LogP contribution in [-0.2, 0) is 30.3 Å². The van der Waals surface area contributed by atoms with Crippen LogP contribution >= 0.6 is 0 Å². The number of hydrogen-bond acceptors (Lipinski definition) is 6. The lowest BCUT2D eigenvalue weighted by atomic mass is 9.66. The third-order valence-electron chi connectivity index (χ3n) is 9.03. The van der Waals surface area contributed by atoms with E-state index in [0.717, 1.165) is 18.4 Å². The van der Waals surface area contributed by atoms with Crippen molar-refractivity contribution in [2.24, 2.45) is 11.8 Å². The standard InChI is InChI=1S/C32H44N2O6/c1-6-9-19-39-30(38)26-25-28(36)34(24(21-35)20-23-14-11-10-12-15-23)27(32(25)17-16-31(26,5)40-32)29(37)33(18-8-3)22(4)13-7-2/h6,8,10-12,14-15,22,24-27,35H,1,3,7,9,13,16-21H2,2,4-5H3/t22?,24-,25+,26+,27?,31-,32?/m1/s1. The lowest BCUT2D eigenvalue weighted by molar-refractivity contribution is -0.162. The van der Waals surface area contributed by atoms with E-state index in [2.05, 4.69) is 20.1 Å². The molecule has 1 N–H and O–H groups in total. The van der Waals surface area contributed by atoms with E-state index in [0.29, 0.717) is 32.2 Å². The van der Waals surface area contributed by atoms with Gasteiger partial charge in [-0.2, -0.15) is 0 Å². The minimum Gasteiger partial charge on any atom is -0.465 e. The molecule has 8 nitrogen and oxygen atoms in total. The van der Waals surface area contributed by atoms with Crippen LogP contribution in [-0.4, -0.2) is 81.8 Å². The second-order valence-electron chi connectivity index (χ2n) is 11.7. The summed E-state index contributed by atoms with van der Waals surface area (Å²) in [6.45, 7) is 13.6. The van der Waals surface area contributed by atoms with Gasteiger partial charge in [-0.15, -0.1) is 13.2 Å². The average Bonchev–Trinajstić information content (AvgIpc) is 3.51. The quantitative estimate of drug-likeness (QED) is 0.215. The van der Waals surface area contributed by atoms with Crippen LogP contribution in [0.3, 0.4) is 0 Å². The van der Waals surface area contributed by atoms with E-state index in [4.69, 9.17) is 9.47 Å². The van der Waals surface area contributed by atoms with Gasteiger partial charge in [-0.3, -0.25) is 14.4 Å². The fraction of sp³-hybridized carbons (Fsp3) is 0.594. The molecule has 218 valence electrons. The molecule has 3 heterocycles. The molecule has 3 saturated heterocycles. The summed E-state index contributed by atoms with van der Waals surface area (Å²) >= 11 is 0. The number of carbonyl (C=O) groups is 3. The monoisotopic (exact) mass is 552 g/mol. The number of carbonyl (C=O) groups excluding carboxylic acids is 3. The number of hydrogen-bond donors (Lipinski definition) is 1. The van der Waals surface area contributed by atoms with Gasteiger partial charge in [0.2, 0.25) is 11.8 Å². The Balaban J connectivity index is 1.79. The van der Waals surface area contributed by atoms with Crippen molar-refractivity contribution in [1.29, 1.82) is 0 Å². The van der Waals surface area contributed by atoms with Crippen LogP contribution in [0.5, 0.6) is 0 Å². The minimum absolute atomic E-state index is 0.0848. The Kier molecular flexibility index (Phi) is 9.20. The lowest BCUT2D eigenvalue weighted by Crippen LogP contribution is -2.60. The Labute approximate surface area is 238 Å². The van der Waals surface area contributed by atoms with Gasteiger partial charge in [0.15, 0.2) is 0 Å². The van der Waals surface area contributed by atoms with Crippen molar-refractivity contribution in [3.8, 4) is 0 Å². The summed E-state index contributed by atoms with van der Waals surface area (Å²) in [5.74, 6) is -2.75. The second kappa shape index (κ2) is 12.3. The Morgan fingerprint density at radius 2 is 1.98 bits per heavy atom. The highest BCUT2D eigenvalue weighted by Gasteiger charge is 2.79. The van der Waals surface area contributed by atoms with Crippen LogP contribution in [0.2, 0.25) is 0 Å². The van der Waals surface area contributed by atoms with Crippen LogP contribution in [0.25, 0.3) is 0 Å². The third kappa shape index (κ3) is 5.12. The molecule has 40 heavy (non-hydrogen) atoms. The molecule has 3 aliphatic heterocycles. The summed E-state index contributed by atoms with van der Waals surface area (Å²) in [6.07, 6.45) is 6.93. The maximum absolute atomic E-state index is 14.6. The fourth-order valence-corrected chi connectivity index (χ4v) is 7.22. The predicted octanol–water partition coefficient (Wildman–Crippen LogP) is 3.68. The highest BCUT2D eigenvalue weighted by molar-refractivity contribution is 5.99. The molecule has 1 aromatic carbocycles. The van der Waals surface area contributed by atoms with Gasteiger partial charge < -0.3 is 24.4 Å². The van der Waals surface area contributed by atoms with Gasteiger partial charge in [0, 0.05) is 12.6 Å². The molecule has 0 aliphatic carbocycles. The first-order valence-corrected chi connectivity index (χ1v) is 14.5. The highest BCUT2D eigenvalue weighted by atomic mass is 16.6. The van der Waals surface area contributed by atoms with Crippen molar-refractivity contribution < 1.29 is 29.0 Å². The van der Waals surface area contributed by atoms with E-state index < -0.39 is 41.1 Å². The maximum atomic E-state index is 14.6. The summed E-state index contributed by atoms with van der Waals surface area (Å²) in [5, 5.41) is 10.6. The zero-order valence-electron chi connectivity index (χ0n) is 24.1. The van der Waals surface area contributed by atoms with Crippen molar-refractivity contribution in [1.82, 2.24) is 9.80 Å². The molecule has 1 spiro atoms. The summed E-state index contributed by atoms with van der Waals surface area (Å²) in [5.41, 5.74) is -1.15. The van der Waals surface area contributed by atoms with E-state index in [1.165, 1.54) is 0 Å². The minimum atomic E-state index is -1.18. The summed E-state index contributed by atoms with van der Waals surface area (Å²) in [6, 6.07) is 7.88. The number of rotatable bonds is 14. The van der Waals surface area contributed by atoms with Gasteiger partial charge in [0.05, 0.1) is 30.8 Å². The molecule has 2 bridgehead atoms. The van der Waals surface area contributed by atoms with Gasteiger partial charge >= 0.3 is 5.97 Å². The second-order valence-corrected chi connectivity index (χ2v) is 11.7. The molecule has 0 aromatic heterocycles. The maximum Gasteiger partial charge on any atom is 0.312 e. The largest absolute Gasteiger partial charge is 0.465 e. The smallest absolute Gasteiger partial charge is 0.312 e. The number of aliphatic hydroxyl groups is 1. The zero-order chi connectivity index (χ0) is 29.1. The fourth-order valence-electron chi connectivity index (χ4n) is 7.22. The summed E-state index contributed by atoms with van der Waals surface area (Å²) in [7, 11) is 0. The summed E-state index contributed by atoms with van der Waals surface area (Å²) < 4.78 is 12.3. The first kappa shape index (κ1) is 30.0. The topological polar surface area (TPSA) is 96.4 Å². The molecule has 3 unspecified atom stereocenters. The number of ether oxygens (including phenoxy) is 2. The molecule has 0 saturated carbocycles. The Morgan fingerprint density at radius 3 is 2.60 bits per heavy atom.